The molecule has 1 unspecified atom stereocenters. The highest BCUT2D eigenvalue weighted by molar-refractivity contribution is 5.82. The Kier molecular flexibility index (Phi) is 6.50. The topological polar surface area (TPSA) is 73.6 Å². The van der Waals surface area contributed by atoms with Gasteiger partial charge in [-0.1, -0.05) is 42.5 Å². The van der Waals surface area contributed by atoms with Gasteiger partial charge in [-0.2, -0.15) is 5.26 Å². The molecule has 0 aromatic heterocycles. The van der Waals surface area contributed by atoms with Crippen LogP contribution in [-0.2, 0) is 16.1 Å². The molecular weight excluding hydrogens is 304 g/mol. The van der Waals surface area contributed by atoms with Gasteiger partial charge in [-0.05, 0) is 23.3 Å². The third-order valence-corrected chi connectivity index (χ3v) is 3.68. The van der Waals surface area contributed by atoms with Gasteiger partial charge < -0.3 is 14.7 Å². The van der Waals surface area contributed by atoms with Crippen molar-refractivity contribution in [2.45, 2.75) is 12.6 Å². The molecule has 5 heteroatoms. The zero-order chi connectivity index (χ0) is 17.4. The first-order valence-electron chi connectivity index (χ1n) is 7.65. The van der Waals surface area contributed by atoms with E-state index in [0.29, 0.717) is 30.8 Å². The van der Waals surface area contributed by atoms with E-state index < -0.39 is 6.10 Å². The first-order chi connectivity index (χ1) is 11.7. The SMILES string of the molecule is COCCN(Cc1ccc(C#N)cc1)C(=O)C(O)c1ccccc1. The van der Waals surface area contributed by atoms with Crippen LogP contribution in [0.1, 0.15) is 22.8 Å². The van der Waals surface area contributed by atoms with Crippen LogP contribution in [0.25, 0.3) is 0 Å². The lowest BCUT2D eigenvalue weighted by molar-refractivity contribution is -0.141. The number of ether oxygens (including phenoxy) is 1. The zero-order valence-corrected chi connectivity index (χ0v) is 13.6. The third kappa shape index (κ3) is 4.66. The number of hydrogen-bond acceptors (Lipinski definition) is 4. The number of amides is 1. The van der Waals surface area contributed by atoms with Gasteiger partial charge in [-0.25, -0.2) is 0 Å². The average molecular weight is 324 g/mol. The first kappa shape index (κ1) is 17.7. The molecule has 24 heavy (non-hydrogen) atoms. The smallest absolute Gasteiger partial charge is 0.256 e. The highest BCUT2D eigenvalue weighted by Crippen LogP contribution is 2.17. The Morgan fingerprint density at radius 3 is 2.46 bits per heavy atom. The molecule has 5 nitrogen and oxygen atoms in total. The van der Waals surface area contributed by atoms with E-state index in [0.717, 1.165) is 5.56 Å². The molecule has 1 N–H and O–H groups in total. The summed E-state index contributed by atoms with van der Waals surface area (Å²) in [6, 6.07) is 17.9. The number of benzene rings is 2. The summed E-state index contributed by atoms with van der Waals surface area (Å²) in [4.78, 5) is 14.2. The quantitative estimate of drug-likeness (QED) is 0.848. The summed E-state index contributed by atoms with van der Waals surface area (Å²) in [6.45, 7) is 1.10. The van der Waals surface area contributed by atoms with Crippen molar-refractivity contribution in [1.29, 1.82) is 5.26 Å². The second-order valence-corrected chi connectivity index (χ2v) is 5.37. The van der Waals surface area contributed by atoms with Crippen LogP contribution >= 0.6 is 0 Å². The van der Waals surface area contributed by atoms with Crippen LogP contribution in [-0.4, -0.2) is 36.2 Å². The molecule has 0 aliphatic carbocycles. The second-order valence-electron chi connectivity index (χ2n) is 5.37. The summed E-state index contributed by atoms with van der Waals surface area (Å²) in [5, 5.41) is 19.2. The summed E-state index contributed by atoms with van der Waals surface area (Å²) < 4.78 is 5.06. The van der Waals surface area contributed by atoms with E-state index >= 15 is 0 Å². The van der Waals surface area contributed by atoms with Gasteiger partial charge in [0.15, 0.2) is 6.10 Å². The molecule has 0 saturated carbocycles. The standard InChI is InChI=1S/C19H20N2O3/c1-24-12-11-21(14-16-9-7-15(13-20)8-10-16)19(23)18(22)17-5-3-2-4-6-17/h2-10,18,22H,11-12,14H2,1H3. The van der Waals surface area contributed by atoms with E-state index in [2.05, 4.69) is 6.07 Å². The lowest BCUT2D eigenvalue weighted by Gasteiger charge is -2.25. The van der Waals surface area contributed by atoms with E-state index in [1.807, 2.05) is 6.07 Å². The van der Waals surface area contributed by atoms with Crippen molar-refractivity contribution < 1.29 is 14.6 Å². The number of aliphatic hydroxyl groups is 1. The van der Waals surface area contributed by atoms with Crippen molar-refractivity contribution in [3.05, 3.63) is 71.3 Å². The number of carbonyl (C=O) groups excluding carboxylic acids is 1. The molecule has 0 bridgehead atoms. The van der Waals surface area contributed by atoms with Gasteiger partial charge in [0.25, 0.3) is 5.91 Å². The summed E-state index contributed by atoms with van der Waals surface area (Å²) >= 11 is 0. The van der Waals surface area contributed by atoms with E-state index in [4.69, 9.17) is 10.00 Å². The Morgan fingerprint density at radius 1 is 1.21 bits per heavy atom. The number of carbonyl (C=O) groups is 1. The molecule has 124 valence electrons. The van der Waals surface area contributed by atoms with Gasteiger partial charge in [0.05, 0.1) is 18.2 Å². The van der Waals surface area contributed by atoms with Crippen LogP contribution in [0, 0.1) is 11.3 Å². The Labute approximate surface area is 141 Å². The molecule has 0 radical (unpaired) electrons. The molecule has 0 saturated heterocycles. The van der Waals surface area contributed by atoms with Gasteiger partial charge in [-0.3, -0.25) is 4.79 Å². The van der Waals surface area contributed by atoms with Crippen LogP contribution in [0.3, 0.4) is 0 Å². The van der Waals surface area contributed by atoms with Gasteiger partial charge >= 0.3 is 0 Å². The molecule has 2 aromatic rings. The van der Waals surface area contributed by atoms with Crippen LogP contribution < -0.4 is 0 Å². The van der Waals surface area contributed by atoms with Gasteiger partial charge in [0.2, 0.25) is 0 Å². The molecule has 2 aromatic carbocycles. The molecular formula is C19H20N2O3. The number of nitrogens with zero attached hydrogens (tertiary/aromatic N) is 2. The van der Waals surface area contributed by atoms with E-state index in [9.17, 15) is 9.90 Å². The van der Waals surface area contributed by atoms with Crippen molar-refractivity contribution in [3.63, 3.8) is 0 Å². The zero-order valence-electron chi connectivity index (χ0n) is 13.6. The van der Waals surface area contributed by atoms with Crippen molar-refractivity contribution in [2.75, 3.05) is 20.3 Å². The number of methoxy groups -OCH3 is 1. The minimum absolute atomic E-state index is 0.345. The maximum Gasteiger partial charge on any atom is 0.256 e. The Morgan fingerprint density at radius 2 is 1.88 bits per heavy atom. The summed E-state index contributed by atoms with van der Waals surface area (Å²) in [7, 11) is 1.57. The Hall–Kier alpha value is -2.68. The highest BCUT2D eigenvalue weighted by Gasteiger charge is 2.23. The lowest BCUT2D eigenvalue weighted by atomic mass is 10.1. The number of aliphatic hydroxyl groups excluding tert-OH is 1. The molecule has 0 fully saturated rings. The van der Waals surface area contributed by atoms with Crippen LogP contribution in [0.15, 0.2) is 54.6 Å². The number of hydrogen-bond donors (Lipinski definition) is 1. The minimum atomic E-state index is -1.21. The monoisotopic (exact) mass is 324 g/mol. The van der Waals surface area contributed by atoms with E-state index in [-0.39, 0.29) is 5.91 Å². The lowest BCUT2D eigenvalue weighted by Crippen LogP contribution is -2.37. The normalized spacial score (nSPS) is 11.5. The van der Waals surface area contributed by atoms with Crippen LogP contribution in [0.2, 0.25) is 0 Å². The van der Waals surface area contributed by atoms with Gasteiger partial charge in [0, 0.05) is 20.2 Å². The predicted molar refractivity (Wildman–Crippen MR) is 89.9 cm³/mol. The fourth-order valence-corrected chi connectivity index (χ4v) is 2.32. The van der Waals surface area contributed by atoms with E-state index in [1.165, 1.54) is 0 Å². The van der Waals surface area contributed by atoms with Gasteiger partial charge in [0.1, 0.15) is 0 Å². The Balaban J connectivity index is 2.14. The van der Waals surface area contributed by atoms with Crippen LogP contribution in [0.4, 0.5) is 0 Å². The second kappa shape index (κ2) is 8.82. The first-order valence-corrected chi connectivity index (χ1v) is 7.65. The number of nitriles is 1. The predicted octanol–water partition coefficient (Wildman–Crippen LogP) is 2.27. The molecule has 0 aliphatic rings. The summed E-state index contributed by atoms with van der Waals surface area (Å²) in [5.74, 6) is -0.373. The third-order valence-electron chi connectivity index (χ3n) is 3.68. The molecule has 1 amide bonds. The minimum Gasteiger partial charge on any atom is -0.383 e. The largest absolute Gasteiger partial charge is 0.383 e. The molecule has 0 heterocycles. The van der Waals surface area contributed by atoms with Crippen molar-refractivity contribution in [2.24, 2.45) is 0 Å². The Bertz CT molecular complexity index is 693. The summed E-state index contributed by atoms with van der Waals surface area (Å²) in [6.07, 6.45) is -1.21. The van der Waals surface area contributed by atoms with Crippen molar-refractivity contribution in [1.82, 2.24) is 4.90 Å². The fourth-order valence-electron chi connectivity index (χ4n) is 2.32. The maximum absolute atomic E-state index is 12.6. The fraction of sp³-hybridized carbons (Fsp3) is 0.263. The highest BCUT2D eigenvalue weighted by atomic mass is 16.5. The van der Waals surface area contributed by atoms with Crippen LogP contribution in [0.5, 0.6) is 0 Å². The molecule has 0 aliphatic heterocycles. The number of rotatable bonds is 7. The van der Waals surface area contributed by atoms with Crippen molar-refractivity contribution >= 4 is 5.91 Å². The molecule has 0 spiro atoms. The molecule has 2 rings (SSSR count). The molecule has 1 atom stereocenters. The summed E-state index contributed by atoms with van der Waals surface area (Å²) in [5.41, 5.74) is 2.02. The van der Waals surface area contributed by atoms with Crippen molar-refractivity contribution in [3.8, 4) is 6.07 Å². The van der Waals surface area contributed by atoms with E-state index in [1.54, 1.807) is 60.5 Å². The average Bonchev–Trinajstić information content (AvgIpc) is 2.65. The van der Waals surface area contributed by atoms with Gasteiger partial charge in [-0.15, -0.1) is 0 Å². The maximum atomic E-state index is 12.6.